The van der Waals surface area contributed by atoms with Crippen LogP contribution in [0.3, 0.4) is 0 Å². The number of nitrogens with two attached hydrogens (primary N) is 1. The number of rotatable bonds is 4. The third kappa shape index (κ3) is 2.20. The number of nitrogens with zero attached hydrogens (tertiary/aromatic N) is 5. The van der Waals surface area contributed by atoms with Crippen molar-refractivity contribution in [3.63, 3.8) is 0 Å². The first-order chi connectivity index (χ1) is 8.63. The first kappa shape index (κ1) is 12.2. The quantitative estimate of drug-likeness (QED) is 0.379. The zero-order chi connectivity index (χ0) is 13.1. The van der Waals surface area contributed by atoms with Crippen LogP contribution >= 0.6 is 0 Å². The number of fused-ring (bicyclic) bond motifs is 1. The summed E-state index contributed by atoms with van der Waals surface area (Å²) < 4.78 is 2.70. The fourth-order valence-corrected chi connectivity index (χ4v) is 1.58. The van der Waals surface area contributed by atoms with Gasteiger partial charge in [-0.1, -0.05) is 5.21 Å². The molecular weight excluding hydrogens is 238 g/mol. The van der Waals surface area contributed by atoms with Crippen molar-refractivity contribution >= 4 is 16.9 Å². The minimum absolute atomic E-state index is 0.232. The third-order valence-electron chi connectivity index (χ3n) is 2.55. The van der Waals surface area contributed by atoms with E-state index in [0.717, 1.165) is 0 Å². The Morgan fingerprint density at radius 3 is 3.06 bits per heavy atom. The summed E-state index contributed by atoms with van der Waals surface area (Å²) in [7, 11) is 1.69. The maximum absolute atomic E-state index is 12.0. The lowest BCUT2D eigenvalue weighted by Gasteiger charge is -2.02. The maximum Gasteiger partial charge on any atom is 0.280 e. The summed E-state index contributed by atoms with van der Waals surface area (Å²) >= 11 is 0. The first-order valence-corrected chi connectivity index (χ1v) is 5.38. The molecule has 3 N–H and O–H groups in total. The van der Waals surface area contributed by atoms with E-state index in [4.69, 9.17) is 5.84 Å². The van der Waals surface area contributed by atoms with Crippen molar-refractivity contribution in [1.82, 2.24) is 30.2 Å². The van der Waals surface area contributed by atoms with Crippen LogP contribution in [0, 0.1) is 0 Å². The highest BCUT2D eigenvalue weighted by Gasteiger charge is 2.09. The van der Waals surface area contributed by atoms with E-state index in [1.165, 1.54) is 15.6 Å². The van der Waals surface area contributed by atoms with Gasteiger partial charge in [0.1, 0.15) is 5.39 Å². The standard InChI is InChI=1S/C9H13N7O2/c1-15-8-6(5-11-15)9(18)16(14-13-8)4-2-3-7(17)12-10/h5H,2-4,10H2,1H3,(H,12,17). The number of hydrogen-bond acceptors (Lipinski definition) is 6. The lowest BCUT2D eigenvalue weighted by atomic mass is 10.3. The molecule has 0 bridgehead atoms. The zero-order valence-corrected chi connectivity index (χ0v) is 9.83. The van der Waals surface area contributed by atoms with Crippen LogP contribution in [0.5, 0.6) is 0 Å². The summed E-state index contributed by atoms with van der Waals surface area (Å²) in [4.78, 5) is 22.9. The van der Waals surface area contributed by atoms with Gasteiger partial charge in [-0.15, -0.1) is 5.10 Å². The molecule has 0 radical (unpaired) electrons. The van der Waals surface area contributed by atoms with Crippen molar-refractivity contribution in [2.24, 2.45) is 12.9 Å². The van der Waals surface area contributed by atoms with Gasteiger partial charge in [-0.2, -0.15) is 5.10 Å². The Bertz CT molecular complexity index is 629. The van der Waals surface area contributed by atoms with Gasteiger partial charge in [-0.25, -0.2) is 15.2 Å². The van der Waals surface area contributed by atoms with E-state index in [2.05, 4.69) is 15.4 Å². The van der Waals surface area contributed by atoms with Crippen LogP contribution in [-0.4, -0.2) is 30.7 Å². The molecule has 9 nitrogen and oxygen atoms in total. The Balaban J connectivity index is 2.17. The predicted octanol–water partition coefficient (Wildman–Crippen LogP) is -1.70. The van der Waals surface area contributed by atoms with Crippen molar-refractivity contribution < 1.29 is 4.79 Å². The van der Waals surface area contributed by atoms with Gasteiger partial charge < -0.3 is 0 Å². The minimum atomic E-state index is -0.279. The van der Waals surface area contributed by atoms with Crippen LogP contribution in [-0.2, 0) is 18.4 Å². The molecule has 18 heavy (non-hydrogen) atoms. The van der Waals surface area contributed by atoms with Gasteiger partial charge >= 0.3 is 0 Å². The van der Waals surface area contributed by atoms with Gasteiger partial charge in [-0.3, -0.25) is 15.0 Å². The predicted molar refractivity (Wildman–Crippen MR) is 62.1 cm³/mol. The van der Waals surface area contributed by atoms with Crippen LogP contribution in [0.15, 0.2) is 11.0 Å². The normalized spacial score (nSPS) is 10.8. The molecule has 9 heteroatoms. The Hall–Kier alpha value is -2.29. The highest BCUT2D eigenvalue weighted by atomic mass is 16.2. The molecule has 2 heterocycles. The number of amides is 1. The second kappa shape index (κ2) is 4.92. The number of hydrazine groups is 1. The van der Waals surface area contributed by atoms with E-state index in [1.807, 2.05) is 5.43 Å². The molecule has 96 valence electrons. The molecule has 2 aromatic rings. The SMILES string of the molecule is Cn1ncc2c(=O)n(CCCC(=O)NN)nnc21. The van der Waals surface area contributed by atoms with Gasteiger partial charge in [0.25, 0.3) is 5.56 Å². The van der Waals surface area contributed by atoms with Gasteiger partial charge in [0.05, 0.1) is 6.20 Å². The summed E-state index contributed by atoms with van der Waals surface area (Å²) in [6, 6.07) is 0. The topological polar surface area (TPSA) is 121 Å². The van der Waals surface area contributed by atoms with Crippen molar-refractivity contribution in [3.8, 4) is 0 Å². The zero-order valence-electron chi connectivity index (χ0n) is 9.83. The van der Waals surface area contributed by atoms with Gasteiger partial charge in [0.15, 0.2) is 5.65 Å². The lowest BCUT2D eigenvalue weighted by molar-refractivity contribution is -0.121. The van der Waals surface area contributed by atoms with Gasteiger partial charge in [0, 0.05) is 20.0 Å². The second-order valence-corrected chi connectivity index (χ2v) is 3.79. The smallest absolute Gasteiger partial charge is 0.280 e. The summed E-state index contributed by atoms with van der Waals surface area (Å²) in [5.74, 6) is 4.67. The summed E-state index contributed by atoms with van der Waals surface area (Å²) in [5, 5.41) is 12.1. The molecule has 2 aromatic heterocycles. The highest BCUT2D eigenvalue weighted by Crippen LogP contribution is 2.02. The molecule has 0 spiro atoms. The molecule has 0 unspecified atom stereocenters. The molecule has 0 aliphatic rings. The van der Waals surface area contributed by atoms with Crippen molar-refractivity contribution in [3.05, 3.63) is 16.6 Å². The van der Waals surface area contributed by atoms with E-state index >= 15 is 0 Å². The van der Waals surface area contributed by atoms with Crippen LogP contribution in [0.4, 0.5) is 0 Å². The van der Waals surface area contributed by atoms with Crippen LogP contribution in [0.2, 0.25) is 0 Å². The van der Waals surface area contributed by atoms with Crippen molar-refractivity contribution in [2.75, 3.05) is 0 Å². The van der Waals surface area contributed by atoms with E-state index < -0.39 is 0 Å². The molecule has 0 atom stereocenters. The van der Waals surface area contributed by atoms with E-state index in [0.29, 0.717) is 24.0 Å². The molecule has 0 aromatic carbocycles. The molecule has 0 saturated carbocycles. The Morgan fingerprint density at radius 2 is 2.33 bits per heavy atom. The van der Waals surface area contributed by atoms with Crippen molar-refractivity contribution in [2.45, 2.75) is 19.4 Å². The fourth-order valence-electron chi connectivity index (χ4n) is 1.58. The highest BCUT2D eigenvalue weighted by molar-refractivity contribution is 5.75. The third-order valence-corrected chi connectivity index (χ3v) is 2.55. The number of hydrogen-bond donors (Lipinski definition) is 2. The molecule has 0 saturated heterocycles. The Morgan fingerprint density at radius 1 is 1.56 bits per heavy atom. The molecule has 0 aliphatic carbocycles. The average molecular weight is 251 g/mol. The second-order valence-electron chi connectivity index (χ2n) is 3.79. The number of carbonyl (C=O) groups excluding carboxylic acids is 1. The van der Waals surface area contributed by atoms with Crippen LogP contribution in [0.1, 0.15) is 12.8 Å². The average Bonchev–Trinajstić information content (AvgIpc) is 2.74. The van der Waals surface area contributed by atoms with Crippen molar-refractivity contribution in [1.29, 1.82) is 0 Å². The summed E-state index contributed by atoms with van der Waals surface area (Å²) in [5.41, 5.74) is 2.20. The maximum atomic E-state index is 12.0. The molecular formula is C9H13N7O2. The monoisotopic (exact) mass is 251 g/mol. The molecule has 0 aliphatic heterocycles. The fraction of sp³-hybridized carbons (Fsp3) is 0.444. The Labute approximate surface area is 102 Å². The van der Waals surface area contributed by atoms with E-state index in [1.54, 1.807) is 7.05 Å². The first-order valence-electron chi connectivity index (χ1n) is 5.38. The van der Waals surface area contributed by atoms with E-state index in [9.17, 15) is 9.59 Å². The molecule has 2 rings (SSSR count). The summed E-state index contributed by atoms with van der Waals surface area (Å²) in [6.07, 6.45) is 2.15. The van der Waals surface area contributed by atoms with Crippen LogP contribution in [0.25, 0.3) is 11.0 Å². The van der Waals surface area contributed by atoms with Gasteiger partial charge in [0.2, 0.25) is 5.91 Å². The molecule has 0 fully saturated rings. The number of carbonyl (C=O) groups is 1. The number of aryl methyl sites for hydroxylation is 2. The van der Waals surface area contributed by atoms with E-state index in [-0.39, 0.29) is 17.9 Å². The lowest BCUT2D eigenvalue weighted by Crippen LogP contribution is -2.30. The Kier molecular flexibility index (Phi) is 3.33. The van der Waals surface area contributed by atoms with Gasteiger partial charge in [-0.05, 0) is 6.42 Å². The number of nitrogens with one attached hydrogen (secondary N) is 1. The number of aromatic nitrogens is 5. The largest absolute Gasteiger partial charge is 0.294 e. The summed E-state index contributed by atoms with van der Waals surface area (Å²) in [6.45, 7) is 0.310. The van der Waals surface area contributed by atoms with Crippen LogP contribution < -0.4 is 16.8 Å². The minimum Gasteiger partial charge on any atom is -0.294 e. The molecule has 1 amide bonds.